The van der Waals surface area contributed by atoms with Crippen LogP contribution in [-0.4, -0.2) is 17.9 Å². The van der Waals surface area contributed by atoms with Crippen LogP contribution < -0.4 is 10.6 Å². The zero-order chi connectivity index (χ0) is 14.8. The van der Waals surface area contributed by atoms with E-state index in [9.17, 15) is 9.59 Å². The highest BCUT2D eigenvalue weighted by molar-refractivity contribution is 6.01. The van der Waals surface area contributed by atoms with E-state index in [0.717, 1.165) is 30.0 Å². The number of benzene rings is 1. The number of hydrogen-bond acceptors (Lipinski definition) is 2. The van der Waals surface area contributed by atoms with Crippen molar-refractivity contribution in [2.45, 2.75) is 51.5 Å². The Morgan fingerprint density at radius 2 is 2.10 bits per heavy atom. The van der Waals surface area contributed by atoms with Gasteiger partial charge < -0.3 is 10.6 Å². The van der Waals surface area contributed by atoms with Crippen molar-refractivity contribution in [3.63, 3.8) is 0 Å². The van der Waals surface area contributed by atoms with Crippen LogP contribution in [0.3, 0.4) is 0 Å². The molecule has 0 bridgehead atoms. The van der Waals surface area contributed by atoms with E-state index < -0.39 is 0 Å². The monoisotopic (exact) mass is 286 g/mol. The molecule has 21 heavy (non-hydrogen) atoms. The van der Waals surface area contributed by atoms with Gasteiger partial charge >= 0.3 is 0 Å². The second-order valence-electron chi connectivity index (χ2n) is 6.38. The molecular weight excluding hydrogens is 264 g/mol. The van der Waals surface area contributed by atoms with Gasteiger partial charge in [0.1, 0.15) is 0 Å². The van der Waals surface area contributed by atoms with Gasteiger partial charge in [0.2, 0.25) is 5.91 Å². The van der Waals surface area contributed by atoms with Crippen molar-refractivity contribution in [2.75, 3.05) is 5.32 Å². The highest BCUT2D eigenvalue weighted by Gasteiger charge is 2.21. The summed E-state index contributed by atoms with van der Waals surface area (Å²) in [6.45, 7) is 2.29. The van der Waals surface area contributed by atoms with E-state index in [0.29, 0.717) is 12.0 Å². The predicted molar refractivity (Wildman–Crippen MR) is 82.3 cm³/mol. The van der Waals surface area contributed by atoms with E-state index in [1.54, 1.807) is 6.07 Å². The lowest BCUT2D eigenvalue weighted by atomic mass is 10.0. The normalized spacial score (nSPS) is 24.9. The summed E-state index contributed by atoms with van der Waals surface area (Å²) in [7, 11) is 0. The van der Waals surface area contributed by atoms with Crippen molar-refractivity contribution < 1.29 is 9.59 Å². The molecule has 1 fully saturated rings. The molecule has 1 aromatic carbocycles. The van der Waals surface area contributed by atoms with Crippen molar-refractivity contribution in [1.29, 1.82) is 0 Å². The number of carbonyl (C=O) groups is 2. The molecule has 0 saturated heterocycles. The Hall–Kier alpha value is -1.84. The van der Waals surface area contributed by atoms with Gasteiger partial charge in [0.05, 0.1) is 6.42 Å². The van der Waals surface area contributed by atoms with Gasteiger partial charge in [0.15, 0.2) is 0 Å². The van der Waals surface area contributed by atoms with Crippen LogP contribution in [0.15, 0.2) is 18.2 Å². The van der Waals surface area contributed by atoms with Crippen LogP contribution in [0.4, 0.5) is 5.69 Å². The van der Waals surface area contributed by atoms with Crippen molar-refractivity contribution in [2.24, 2.45) is 5.92 Å². The number of amides is 2. The Morgan fingerprint density at radius 1 is 1.24 bits per heavy atom. The number of rotatable bonds is 2. The number of nitrogens with one attached hydrogen (secondary N) is 2. The first-order chi connectivity index (χ1) is 10.1. The van der Waals surface area contributed by atoms with Crippen LogP contribution >= 0.6 is 0 Å². The molecule has 3 rings (SSSR count). The SMILES string of the molecule is CC1CCCC(NC(=O)c2ccc3c(c2)CC(=O)N3)CC1. The van der Waals surface area contributed by atoms with Gasteiger partial charge in [0.25, 0.3) is 5.91 Å². The Bertz CT molecular complexity index is 568. The molecule has 2 N–H and O–H groups in total. The third-order valence-electron chi connectivity index (χ3n) is 4.59. The highest BCUT2D eigenvalue weighted by atomic mass is 16.2. The first-order valence-electron chi connectivity index (χ1n) is 7.85. The topological polar surface area (TPSA) is 58.2 Å². The van der Waals surface area contributed by atoms with Crippen LogP contribution in [0.25, 0.3) is 0 Å². The summed E-state index contributed by atoms with van der Waals surface area (Å²) < 4.78 is 0. The molecule has 0 radical (unpaired) electrons. The number of hydrogen-bond donors (Lipinski definition) is 2. The third kappa shape index (κ3) is 3.26. The fourth-order valence-electron chi connectivity index (χ4n) is 3.27. The maximum atomic E-state index is 12.4. The average Bonchev–Trinajstić information content (AvgIpc) is 2.71. The summed E-state index contributed by atoms with van der Waals surface area (Å²) in [5.74, 6) is 0.751. The molecule has 1 aromatic rings. The van der Waals surface area contributed by atoms with Crippen molar-refractivity contribution in [1.82, 2.24) is 5.32 Å². The summed E-state index contributed by atoms with van der Waals surface area (Å²) in [4.78, 5) is 23.7. The predicted octanol–water partition coefficient (Wildman–Crippen LogP) is 2.88. The molecule has 1 aliphatic heterocycles. The van der Waals surface area contributed by atoms with Crippen molar-refractivity contribution >= 4 is 17.5 Å². The summed E-state index contributed by atoms with van der Waals surface area (Å²) in [6, 6.07) is 5.74. The fourth-order valence-corrected chi connectivity index (χ4v) is 3.27. The van der Waals surface area contributed by atoms with E-state index in [1.165, 1.54) is 19.3 Å². The molecule has 2 atom stereocenters. The molecule has 1 heterocycles. The minimum Gasteiger partial charge on any atom is -0.349 e. The van der Waals surface area contributed by atoms with Crippen molar-refractivity contribution in [3.8, 4) is 0 Å². The lowest BCUT2D eigenvalue weighted by Gasteiger charge is -2.16. The second-order valence-corrected chi connectivity index (χ2v) is 6.38. The average molecular weight is 286 g/mol. The molecule has 1 saturated carbocycles. The Morgan fingerprint density at radius 3 is 2.95 bits per heavy atom. The molecular formula is C17H22N2O2. The maximum Gasteiger partial charge on any atom is 0.251 e. The molecule has 2 aliphatic rings. The van der Waals surface area contributed by atoms with Crippen LogP contribution in [0, 0.1) is 5.92 Å². The third-order valence-corrected chi connectivity index (χ3v) is 4.59. The quantitative estimate of drug-likeness (QED) is 0.821. The molecule has 0 aromatic heterocycles. The molecule has 4 heteroatoms. The van der Waals surface area contributed by atoms with E-state index in [-0.39, 0.29) is 17.9 Å². The van der Waals surface area contributed by atoms with Gasteiger partial charge in [-0.1, -0.05) is 19.8 Å². The smallest absolute Gasteiger partial charge is 0.251 e. The largest absolute Gasteiger partial charge is 0.349 e. The van der Waals surface area contributed by atoms with Gasteiger partial charge in [-0.3, -0.25) is 9.59 Å². The van der Waals surface area contributed by atoms with Crippen LogP contribution in [0.2, 0.25) is 0 Å². The maximum absolute atomic E-state index is 12.4. The van der Waals surface area contributed by atoms with E-state index >= 15 is 0 Å². The summed E-state index contributed by atoms with van der Waals surface area (Å²) >= 11 is 0. The molecule has 1 aliphatic carbocycles. The van der Waals surface area contributed by atoms with Crippen molar-refractivity contribution in [3.05, 3.63) is 29.3 Å². The number of anilines is 1. The van der Waals surface area contributed by atoms with Gasteiger partial charge in [0, 0.05) is 17.3 Å². The van der Waals surface area contributed by atoms with E-state index in [1.807, 2.05) is 12.1 Å². The van der Waals surface area contributed by atoms with E-state index in [2.05, 4.69) is 17.6 Å². The van der Waals surface area contributed by atoms with Gasteiger partial charge in [-0.2, -0.15) is 0 Å². The fraction of sp³-hybridized carbons (Fsp3) is 0.529. The first-order valence-corrected chi connectivity index (χ1v) is 7.85. The van der Waals surface area contributed by atoms with Crippen LogP contribution in [0.5, 0.6) is 0 Å². The van der Waals surface area contributed by atoms with Gasteiger partial charge in [-0.05, 0) is 48.9 Å². The molecule has 112 valence electrons. The zero-order valence-corrected chi connectivity index (χ0v) is 12.4. The summed E-state index contributed by atoms with van der Waals surface area (Å²) in [5.41, 5.74) is 2.41. The highest BCUT2D eigenvalue weighted by Crippen LogP contribution is 2.25. The molecule has 2 amide bonds. The van der Waals surface area contributed by atoms with Gasteiger partial charge in [-0.25, -0.2) is 0 Å². The van der Waals surface area contributed by atoms with E-state index in [4.69, 9.17) is 0 Å². The lowest BCUT2D eigenvalue weighted by molar-refractivity contribution is -0.115. The minimum absolute atomic E-state index is 0.000291. The molecule has 0 spiro atoms. The Labute approximate surface area is 125 Å². The van der Waals surface area contributed by atoms with Gasteiger partial charge in [-0.15, -0.1) is 0 Å². The molecule has 2 unspecified atom stereocenters. The summed E-state index contributed by atoms with van der Waals surface area (Å²) in [6.07, 6.45) is 6.15. The summed E-state index contributed by atoms with van der Waals surface area (Å²) in [5, 5.41) is 5.94. The number of fused-ring (bicyclic) bond motifs is 1. The molecule has 4 nitrogen and oxygen atoms in total. The number of carbonyl (C=O) groups excluding carboxylic acids is 2. The first kappa shape index (κ1) is 14.1. The van der Waals surface area contributed by atoms with Crippen LogP contribution in [-0.2, 0) is 11.2 Å². The second kappa shape index (κ2) is 5.88. The Balaban J connectivity index is 1.66. The standard InChI is InChI=1S/C17H22N2O2/c1-11-3-2-4-14(7-5-11)18-17(21)12-6-8-15-13(9-12)10-16(20)19-15/h6,8-9,11,14H,2-5,7,10H2,1H3,(H,18,21)(H,19,20). The minimum atomic E-state index is -0.0169. The lowest BCUT2D eigenvalue weighted by Crippen LogP contribution is -2.34. The Kier molecular flexibility index (Phi) is 3.95. The zero-order valence-electron chi connectivity index (χ0n) is 12.4. The van der Waals surface area contributed by atoms with Crippen LogP contribution in [0.1, 0.15) is 54.9 Å².